The van der Waals surface area contributed by atoms with Gasteiger partial charge < -0.3 is 21.1 Å². The highest BCUT2D eigenvalue weighted by atomic mass is 16.5. The number of rotatable bonds is 3. The number of nitrogens with two attached hydrogens (primary N) is 2. The fourth-order valence-electron chi connectivity index (χ4n) is 2.83. The molecule has 1 saturated heterocycles. The molecule has 0 aliphatic carbocycles. The van der Waals surface area contributed by atoms with Crippen LogP contribution in [0.3, 0.4) is 0 Å². The molecule has 27 heavy (non-hydrogen) atoms. The summed E-state index contributed by atoms with van der Waals surface area (Å²) in [5.41, 5.74) is 14.1. The van der Waals surface area contributed by atoms with Crippen LogP contribution in [-0.4, -0.2) is 25.3 Å². The molecule has 0 atom stereocenters. The molecule has 0 aromatic heterocycles. The zero-order chi connectivity index (χ0) is 19.4. The molecule has 0 unspecified atom stereocenters. The smallest absolute Gasteiger partial charge is 0.277 e. The largest absolute Gasteiger partial charge is 0.497 e. The maximum absolute atomic E-state index is 13.1. The van der Waals surface area contributed by atoms with Crippen LogP contribution in [0.5, 0.6) is 5.75 Å². The standard InChI is InChI=1S/C20H19N5O2/c1-27-16-8-4-14(5-9-16)24-19-17(18(23)12-21)10-11-25(20(19)26)15-6-2-13(22)3-7-15/h2-9H,10-11,22-23H2,1H3. The summed E-state index contributed by atoms with van der Waals surface area (Å²) in [7, 11) is 1.57. The van der Waals surface area contributed by atoms with Crippen LogP contribution in [0.1, 0.15) is 6.42 Å². The van der Waals surface area contributed by atoms with E-state index in [0.717, 1.165) is 0 Å². The number of nitrogen functional groups attached to an aromatic ring is 1. The van der Waals surface area contributed by atoms with Crippen LogP contribution in [0.25, 0.3) is 0 Å². The van der Waals surface area contributed by atoms with Crippen molar-refractivity contribution in [3.63, 3.8) is 0 Å². The third-order valence-corrected chi connectivity index (χ3v) is 4.28. The van der Waals surface area contributed by atoms with E-state index in [2.05, 4.69) is 4.99 Å². The molecule has 7 nitrogen and oxygen atoms in total. The minimum atomic E-state index is -0.310. The Morgan fingerprint density at radius 3 is 2.44 bits per heavy atom. The summed E-state index contributed by atoms with van der Waals surface area (Å²) in [6.07, 6.45) is 0.435. The zero-order valence-electron chi connectivity index (χ0n) is 14.8. The number of nitriles is 1. The normalized spacial score (nSPS) is 17.6. The van der Waals surface area contributed by atoms with Crippen LogP contribution in [0, 0.1) is 11.3 Å². The Kier molecular flexibility index (Phi) is 5.08. The minimum absolute atomic E-state index is 0.00701. The molecule has 0 spiro atoms. The van der Waals surface area contributed by atoms with E-state index in [-0.39, 0.29) is 17.3 Å². The summed E-state index contributed by atoms with van der Waals surface area (Å²) in [5, 5.41) is 9.20. The number of nitrogens with zero attached hydrogens (tertiary/aromatic N) is 3. The molecule has 0 bridgehead atoms. The van der Waals surface area contributed by atoms with E-state index in [9.17, 15) is 10.1 Å². The van der Waals surface area contributed by atoms with Crippen molar-refractivity contribution in [3.05, 3.63) is 59.8 Å². The maximum Gasteiger partial charge on any atom is 0.277 e. The molecular formula is C20H19N5O2. The lowest BCUT2D eigenvalue weighted by Crippen LogP contribution is -2.43. The van der Waals surface area contributed by atoms with Gasteiger partial charge in [-0.25, -0.2) is 4.99 Å². The van der Waals surface area contributed by atoms with Crippen LogP contribution in [-0.2, 0) is 4.79 Å². The van der Waals surface area contributed by atoms with Crippen molar-refractivity contribution in [1.29, 1.82) is 5.26 Å². The van der Waals surface area contributed by atoms with Crippen molar-refractivity contribution < 1.29 is 9.53 Å². The van der Waals surface area contributed by atoms with Crippen molar-refractivity contribution in [3.8, 4) is 11.8 Å². The highest BCUT2D eigenvalue weighted by molar-refractivity contribution is 6.50. The molecule has 2 aromatic carbocycles. The number of anilines is 2. The molecule has 1 heterocycles. The number of carbonyl (C=O) groups is 1. The van der Waals surface area contributed by atoms with Crippen molar-refractivity contribution >= 4 is 28.7 Å². The van der Waals surface area contributed by atoms with Crippen LogP contribution >= 0.6 is 0 Å². The van der Waals surface area contributed by atoms with E-state index in [4.69, 9.17) is 16.2 Å². The Balaban J connectivity index is 2.03. The number of benzene rings is 2. The number of amides is 1. The summed E-state index contributed by atoms with van der Waals surface area (Å²) in [6.45, 7) is 0.405. The van der Waals surface area contributed by atoms with E-state index in [1.54, 1.807) is 60.5 Å². The molecule has 1 aliphatic heterocycles. The van der Waals surface area contributed by atoms with Gasteiger partial charge in [-0.2, -0.15) is 5.26 Å². The minimum Gasteiger partial charge on any atom is -0.497 e. The lowest BCUT2D eigenvalue weighted by atomic mass is 9.98. The summed E-state index contributed by atoms with van der Waals surface area (Å²) in [4.78, 5) is 19.2. The fraction of sp³-hybridized carbons (Fsp3) is 0.150. The number of carbonyl (C=O) groups excluding carboxylic acids is 1. The molecular weight excluding hydrogens is 342 g/mol. The van der Waals surface area contributed by atoms with Crippen molar-refractivity contribution in [2.75, 3.05) is 24.3 Å². The van der Waals surface area contributed by atoms with E-state index < -0.39 is 0 Å². The Morgan fingerprint density at radius 1 is 1.19 bits per heavy atom. The van der Waals surface area contributed by atoms with Gasteiger partial charge in [0, 0.05) is 23.5 Å². The van der Waals surface area contributed by atoms with Crippen LogP contribution in [0.2, 0.25) is 0 Å². The molecule has 2 aromatic rings. The first kappa shape index (κ1) is 18.0. The van der Waals surface area contributed by atoms with E-state index >= 15 is 0 Å². The van der Waals surface area contributed by atoms with E-state index in [1.807, 2.05) is 6.07 Å². The van der Waals surface area contributed by atoms with Crippen molar-refractivity contribution in [2.45, 2.75) is 6.42 Å². The first-order chi connectivity index (χ1) is 13.0. The fourth-order valence-corrected chi connectivity index (χ4v) is 2.83. The lowest BCUT2D eigenvalue weighted by molar-refractivity contribution is -0.112. The van der Waals surface area contributed by atoms with Gasteiger partial charge in [-0.15, -0.1) is 0 Å². The van der Waals surface area contributed by atoms with Gasteiger partial charge in [-0.3, -0.25) is 4.79 Å². The van der Waals surface area contributed by atoms with Gasteiger partial charge >= 0.3 is 0 Å². The number of hydrogen-bond donors (Lipinski definition) is 2. The number of methoxy groups -OCH3 is 1. The van der Waals surface area contributed by atoms with Gasteiger partial charge in [0.15, 0.2) is 0 Å². The first-order valence-corrected chi connectivity index (χ1v) is 8.32. The second-order valence-electron chi connectivity index (χ2n) is 5.96. The van der Waals surface area contributed by atoms with Crippen LogP contribution in [0.4, 0.5) is 17.1 Å². The Morgan fingerprint density at radius 2 is 1.85 bits per heavy atom. The average Bonchev–Trinajstić information content (AvgIpc) is 2.70. The number of hydrogen-bond acceptors (Lipinski definition) is 6. The third-order valence-electron chi connectivity index (χ3n) is 4.28. The number of piperidine rings is 1. The third kappa shape index (κ3) is 3.75. The van der Waals surface area contributed by atoms with Gasteiger partial charge in [0.05, 0.1) is 12.8 Å². The molecule has 1 amide bonds. The number of aliphatic imine (C=N–C) groups is 1. The van der Waals surface area contributed by atoms with Crippen molar-refractivity contribution in [1.82, 2.24) is 0 Å². The van der Waals surface area contributed by atoms with Gasteiger partial charge in [0.1, 0.15) is 23.2 Å². The molecule has 7 heteroatoms. The summed E-state index contributed by atoms with van der Waals surface area (Å²) >= 11 is 0. The monoisotopic (exact) mass is 361 g/mol. The number of ether oxygens (including phenoxy) is 1. The molecule has 0 saturated carbocycles. The Labute approximate surface area is 157 Å². The Bertz CT molecular complexity index is 953. The summed E-state index contributed by atoms with van der Waals surface area (Å²) in [6, 6.07) is 15.9. The summed E-state index contributed by atoms with van der Waals surface area (Å²) in [5.74, 6) is 0.375. The lowest BCUT2D eigenvalue weighted by Gasteiger charge is -2.29. The highest BCUT2D eigenvalue weighted by Crippen LogP contribution is 2.27. The Hall–Kier alpha value is -3.79. The zero-order valence-corrected chi connectivity index (χ0v) is 14.8. The van der Waals surface area contributed by atoms with Gasteiger partial charge in [-0.05, 0) is 55.0 Å². The second kappa shape index (κ2) is 7.62. The highest BCUT2D eigenvalue weighted by Gasteiger charge is 2.31. The average molecular weight is 361 g/mol. The second-order valence-corrected chi connectivity index (χ2v) is 5.96. The topological polar surface area (TPSA) is 118 Å². The summed E-state index contributed by atoms with van der Waals surface area (Å²) < 4.78 is 5.14. The van der Waals surface area contributed by atoms with Gasteiger partial charge in [0.2, 0.25) is 0 Å². The molecule has 136 valence electrons. The predicted octanol–water partition coefficient (Wildman–Crippen LogP) is 2.52. The van der Waals surface area contributed by atoms with Gasteiger partial charge in [0.25, 0.3) is 5.91 Å². The van der Waals surface area contributed by atoms with E-state index in [0.29, 0.717) is 41.4 Å². The van der Waals surface area contributed by atoms with Gasteiger partial charge in [-0.1, -0.05) is 0 Å². The van der Waals surface area contributed by atoms with E-state index in [1.165, 1.54) is 0 Å². The van der Waals surface area contributed by atoms with Crippen molar-refractivity contribution in [2.24, 2.45) is 10.7 Å². The predicted molar refractivity (Wildman–Crippen MR) is 105 cm³/mol. The maximum atomic E-state index is 13.1. The molecule has 1 fully saturated rings. The number of allylic oxidation sites excluding steroid dienone is 1. The molecule has 4 N–H and O–H groups in total. The SMILES string of the molecule is COc1ccc(N=C2C(=O)N(c3ccc(N)cc3)CCC2=C(N)C#N)cc1. The molecule has 0 radical (unpaired) electrons. The molecule has 1 aliphatic rings. The quantitative estimate of drug-likeness (QED) is 0.643. The molecule has 3 rings (SSSR count). The first-order valence-electron chi connectivity index (χ1n) is 8.32. The van der Waals surface area contributed by atoms with Crippen LogP contribution < -0.4 is 21.1 Å². The van der Waals surface area contributed by atoms with Crippen LogP contribution in [0.15, 0.2) is 64.8 Å².